The van der Waals surface area contributed by atoms with Gasteiger partial charge in [-0.05, 0) is 28.8 Å². The lowest BCUT2D eigenvalue weighted by Crippen LogP contribution is -2.58. The second-order valence-corrected chi connectivity index (χ2v) is 10.7. The van der Waals surface area contributed by atoms with Crippen LogP contribution in [0.15, 0.2) is 127 Å². The highest BCUT2D eigenvalue weighted by molar-refractivity contribution is 5.99. The number of carbonyl (C=O) groups excluding carboxylic acids is 2. The zero-order valence-corrected chi connectivity index (χ0v) is 23.7. The maximum atomic E-state index is 14.6. The van der Waals surface area contributed by atoms with Crippen LogP contribution in [-0.2, 0) is 19.1 Å². The third-order valence-corrected chi connectivity index (χ3v) is 8.76. The number of hydrogen-bond acceptors (Lipinski definition) is 7. The normalized spacial score (nSPS) is 24.1. The average Bonchev–Trinajstić information content (AvgIpc) is 3.57. The van der Waals surface area contributed by atoms with E-state index in [0.717, 1.165) is 22.4 Å². The second kappa shape index (κ2) is 11.2. The highest BCUT2D eigenvalue weighted by Crippen LogP contribution is 2.66. The number of esters is 2. The average molecular weight is 575 g/mol. The fourth-order valence-corrected chi connectivity index (χ4v) is 7.18. The van der Waals surface area contributed by atoms with Gasteiger partial charge in [0.2, 0.25) is 0 Å². The fourth-order valence-electron chi connectivity index (χ4n) is 7.18. The summed E-state index contributed by atoms with van der Waals surface area (Å²) in [5.74, 6) is -2.73. The molecule has 1 saturated heterocycles. The first kappa shape index (κ1) is 27.9. The molecule has 6 rings (SSSR count). The van der Waals surface area contributed by atoms with Gasteiger partial charge < -0.3 is 14.4 Å². The molecule has 0 bridgehead atoms. The Kier molecular flexibility index (Phi) is 7.27. The van der Waals surface area contributed by atoms with Crippen LogP contribution >= 0.6 is 0 Å². The maximum absolute atomic E-state index is 14.6. The van der Waals surface area contributed by atoms with Gasteiger partial charge in [0, 0.05) is 41.1 Å². The second-order valence-electron chi connectivity index (χ2n) is 10.7. The van der Waals surface area contributed by atoms with Crippen LogP contribution in [0.1, 0.15) is 34.6 Å². The van der Waals surface area contributed by atoms with Gasteiger partial charge in [0.1, 0.15) is 0 Å². The predicted molar refractivity (Wildman–Crippen MR) is 161 cm³/mol. The summed E-state index contributed by atoms with van der Waals surface area (Å²) >= 11 is 0. The lowest BCUT2D eigenvalue weighted by Gasteiger charge is -2.44. The Morgan fingerprint density at radius 2 is 1.30 bits per heavy atom. The van der Waals surface area contributed by atoms with E-state index in [1.54, 1.807) is 12.1 Å². The van der Waals surface area contributed by atoms with E-state index in [1.807, 2.05) is 97.1 Å². The number of fused-ring (bicyclic) bond motifs is 1. The number of para-hydroxylation sites is 1. The van der Waals surface area contributed by atoms with E-state index in [-0.39, 0.29) is 5.69 Å². The molecule has 1 fully saturated rings. The number of rotatable bonds is 7. The summed E-state index contributed by atoms with van der Waals surface area (Å²) < 4.78 is 11.0. The van der Waals surface area contributed by atoms with Crippen molar-refractivity contribution in [1.82, 2.24) is 0 Å². The third-order valence-electron chi connectivity index (χ3n) is 8.76. The number of nitrogens with zero attached hydrogens (tertiary/aromatic N) is 2. The lowest BCUT2D eigenvalue weighted by atomic mass is 9.70. The van der Waals surface area contributed by atoms with E-state index >= 15 is 0 Å². The molecular weight excluding hydrogens is 544 g/mol. The molecule has 1 aliphatic carbocycles. The standard InChI is InChI=1S/C35H30N2O6/c1-42-33(38)28-22-29(23-12-6-3-7-13-23)35(34(39)43-2)31(28)30(24-14-8-4-9-15-24)32(36(35)26-16-10-5-11-17-26)25-18-20-27(21-19-25)37(40)41/h3-22,29-32H,1-2H3/t29-,30-,31?,32+,35-/m1/s1. The van der Waals surface area contributed by atoms with E-state index in [1.165, 1.54) is 26.4 Å². The highest BCUT2D eigenvalue weighted by Gasteiger charge is 2.71. The molecule has 5 atom stereocenters. The monoisotopic (exact) mass is 574 g/mol. The van der Waals surface area contributed by atoms with Crippen molar-refractivity contribution < 1.29 is 24.0 Å². The summed E-state index contributed by atoms with van der Waals surface area (Å²) in [4.78, 5) is 41.4. The largest absolute Gasteiger partial charge is 0.467 e. The van der Waals surface area contributed by atoms with Crippen molar-refractivity contribution in [2.75, 3.05) is 19.1 Å². The van der Waals surface area contributed by atoms with E-state index in [2.05, 4.69) is 4.90 Å². The van der Waals surface area contributed by atoms with Crippen LogP contribution < -0.4 is 4.90 Å². The van der Waals surface area contributed by atoms with Crippen LogP contribution in [0.25, 0.3) is 0 Å². The van der Waals surface area contributed by atoms with E-state index in [4.69, 9.17) is 9.47 Å². The number of hydrogen-bond donors (Lipinski definition) is 0. The van der Waals surface area contributed by atoms with Crippen molar-refractivity contribution >= 4 is 23.3 Å². The summed E-state index contributed by atoms with van der Waals surface area (Å²) in [6, 6.07) is 34.9. The molecular formula is C35H30N2O6. The molecule has 8 heteroatoms. The Balaban J connectivity index is 1.73. The highest BCUT2D eigenvalue weighted by atomic mass is 16.6. The Labute approximate surface area is 249 Å². The Morgan fingerprint density at radius 3 is 1.84 bits per heavy atom. The molecule has 4 aromatic rings. The first-order valence-corrected chi connectivity index (χ1v) is 14.0. The van der Waals surface area contributed by atoms with Crippen LogP contribution in [0.5, 0.6) is 0 Å². The number of ether oxygens (including phenoxy) is 2. The van der Waals surface area contributed by atoms with Gasteiger partial charge in [-0.25, -0.2) is 9.59 Å². The van der Waals surface area contributed by atoms with Gasteiger partial charge in [0.05, 0.1) is 25.2 Å². The Morgan fingerprint density at radius 1 is 0.744 bits per heavy atom. The van der Waals surface area contributed by atoms with E-state index in [9.17, 15) is 19.7 Å². The SMILES string of the molecule is COC(=O)C1=C[C@H](c2ccccc2)[C@]2(C(=O)OC)C1[C@@H](c1ccccc1)[C@H](c1ccc([N+](=O)[O-])cc1)N2c1ccccc1. The molecule has 2 aliphatic rings. The van der Waals surface area contributed by atoms with Crippen LogP contribution in [-0.4, -0.2) is 36.6 Å². The van der Waals surface area contributed by atoms with Gasteiger partial charge in [-0.3, -0.25) is 10.1 Å². The molecule has 0 radical (unpaired) electrons. The smallest absolute Gasteiger partial charge is 0.333 e. The zero-order valence-electron chi connectivity index (χ0n) is 23.7. The Bertz CT molecular complexity index is 1670. The van der Waals surface area contributed by atoms with Crippen molar-refractivity contribution in [3.05, 3.63) is 154 Å². The topological polar surface area (TPSA) is 99.0 Å². The van der Waals surface area contributed by atoms with Crippen LogP contribution in [0.4, 0.5) is 11.4 Å². The van der Waals surface area contributed by atoms with Crippen molar-refractivity contribution in [1.29, 1.82) is 0 Å². The molecule has 0 saturated carbocycles. The van der Waals surface area contributed by atoms with Gasteiger partial charge >= 0.3 is 11.9 Å². The number of methoxy groups -OCH3 is 2. The molecule has 216 valence electrons. The van der Waals surface area contributed by atoms with Gasteiger partial charge in [0.25, 0.3) is 5.69 Å². The molecule has 0 N–H and O–H groups in total. The number of carbonyl (C=O) groups is 2. The minimum Gasteiger partial charge on any atom is -0.467 e. The number of anilines is 1. The molecule has 0 amide bonds. The number of non-ortho nitro benzene ring substituents is 1. The van der Waals surface area contributed by atoms with Crippen LogP contribution in [0, 0.1) is 16.0 Å². The predicted octanol–water partition coefficient (Wildman–Crippen LogP) is 6.36. The summed E-state index contributed by atoms with van der Waals surface area (Å²) in [7, 11) is 2.71. The molecule has 4 aromatic carbocycles. The van der Waals surface area contributed by atoms with E-state index < -0.39 is 46.2 Å². The van der Waals surface area contributed by atoms with Crippen molar-refractivity contribution in [2.45, 2.75) is 23.4 Å². The van der Waals surface area contributed by atoms with Gasteiger partial charge in [-0.1, -0.05) is 97.1 Å². The first-order valence-electron chi connectivity index (χ1n) is 14.0. The fraction of sp³-hybridized carbons (Fsp3) is 0.200. The molecule has 8 nitrogen and oxygen atoms in total. The zero-order chi connectivity index (χ0) is 30.1. The van der Waals surface area contributed by atoms with Crippen molar-refractivity contribution in [2.24, 2.45) is 5.92 Å². The summed E-state index contributed by atoms with van der Waals surface area (Å²) in [6.45, 7) is 0. The minimum absolute atomic E-state index is 0.0375. The Hall–Kier alpha value is -5.24. The molecule has 1 heterocycles. The minimum atomic E-state index is -1.41. The van der Waals surface area contributed by atoms with Crippen LogP contribution in [0.3, 0.4) is 0 Å². The number of nitro benzene ring substituents is 1. The molecule has 43 heavy (non-hydrogen) atoms. The quantitative estimate of drug-likeness (QED) is 0.144. The van der Waals surface area contributed by atoms with E-state index in [0.29, 0.717) is 5.57 Å². The molecule has 1 unspecified atom stereocenters. The summed E-state index contributed by atoms with van der Waals surface area (Å²) in [5, 5.41) is 11.6. The first-order chi connectivity index (χ1) is 20.9. The molecule has 0 aromatic heterocycles. The van der Waals surface area contributed by atoms with Gasteiger partial charge in [0.15, 0.2) is 5.54 Å². The lowest BCUT2D eigenvalue weighted by molar-refractivity contribution is -0.384. The molecule has 1 aliphatic heterocycles. The summed E-state index contributed by atoms with van der Waals surface area (Å²) in [6.07, 6.45) is 1.86. The number of benzene rings is 4. The molecule has 0 spiro atoms. The maximum Gasteiger partial charge on any atom is 0.333 e. The van der Waals surface area contributed by atoms with Crippen LogP contribution in [0.2, 0.25) is 0 Å². The van der Waals surface area contributed by atoms with Crippen molar-refractivity contribution in [3.63, 3.8) is 0 Å². The number of nitro groups is 1. The third kappa shape index (κ3) is 4.37. The summed E-state index contributed by atoms with van der Waals surface area (Å²) in [5.41, 5.74) is 2.20. The van der Waals surface area contributed by atoms with Gasteiger partial charge in [-0.15, -0.1) is 0 Å². The van der Waals surface area contributed by atoms with Crippen molar-refractivity contribution in [3.8, 4) is 0 Å². The van der Waals surface area contributed by atoms with Gasteiger partial charge in [-0.2, -0.15) is 0 Å².